The molecule has 6 heteroatoms. The molecule has 1 aliphatic heterocycles. The van der Waals surface area contributed by atoms with Crippen LogP contribution in [0.2, 0.25) is 0 Å². The molecule has 0 bridgehead atoms. The van der Waals surface area contributed by atoms with E-state index in [4.69, 9.17) is 4.74 Å². The Balaban J connectivity index is 2.01. The van der Waals surface area contributed by atoms with Gasteiger partial charge in [-0.05, 0) is 32.0 Å². The molecule has 0 atom stereocenters. The van der Waals surface area contributed by atoms with Crippen LogP contribution in [0.5, 0.6) is 11.5 Å². The van der Waals surface area contributed by atoms with Gasteiger partial charge in [-0.3, -0.25) is 4.79 Å². The van der Waals surface area contributed by atoms with E-state index in [9.17, 15) is 13.6 Å². The fourth-order valence-electron chi connectivity index (χ4n) is 2.61. The summed E-state index contributed by atoms with van der Waals surface area (Å²) in [5, 5.41) is 3.11. The highest BCUT2D eigenvalue weighted by Gasteiger charge is 2.30. The average molecular weight is 345 g/mol. The summed E-state index contributed by atoms with van der Waals surface area (Å²) in [6, 6.07) is 13.2. The molecule has 0 amide bonds. The summed E-state index contributed by atoms with van der Waals surface area (Å²) in [5.74, 6) is 0.279. The molecule has 1 aliphatic rings. The van der Waals surface area contributed by atoms with Gasteiger partial charge in [0.1, 0.15) is 11.5 Å². The zero-order chi connectivity index (χ0) is 18.0. The first-order chi connectivity index (χ1) is 11.8. The van der Waals surface area contributed by atoms with Crippen LogP contribution in [-0.2, 0) is 0 Å². The van der Waals surface area contributed by atoms with E-state index in [2.05, 4.69) is 10.1 Å². The van der Waals surface area contributed by atoms with Gasteiger partial charge in [0.15, 0.2) is 11.5 Å². The average Bonchev–Trinajstić information content (AvgIpc) is 2.55. The van der Waals surface area contributed by atoms with Gasteiger partial charge in [-0.25, -0.2) is 0 Å². The lowest BCUT2D eigenvalue weighted by molar-refractivity contribution is -0.0500. The first kappa shape index (κ1) is 17.0. The number of ketones is 1. The van der Waals surface area contributed by atoms with Crippen molar-refractivity contribution in [2.75, 3.05) is 0 Å². The van der Waals surface area contributed by atoms with Crippen molar-refractivity contribution in [1.82, 2.24) is 5.32 Å². The highest BCUT2D eigenvalue weighted by Crippen LogP contribution is 2.36. The van der Waals surface area contributed by atoms with E-state index in [1.165, 1.54) is 18.2 Å². The number of carbonyl (C=O) groups excluding carboxylic acids is 1. The number of carbonyl (C=O) groups is 1. The fourth-order valence-corrected chi connectivity index (χ4v) is 2.61. The Kier molecular flexibility index (Phi) is 4.44. The number of fused-ring (bicyclic) bond motifs is 1. The van der Waals surface area contributed by atoms with Crippen LogP contribution in [0, 0.1) is 0 Å². The van der Waals surface area contributed by atoms with E-state index < -0.39 is 12.3 Å². The van der Waals surface area contributed by atoms with Crippen molar-refractivity contribution < 1.29 is 23.0 Å². The molecule has 3 rings (SSSR count). The summed E-state index contributed by atoms with van der Waals surface area (Å²) < 4.78 is 35.2. The van der Waals surface area contributed by atoms with Gasteiger partial charge in [0.05, 0.1) is 5.70 Å². The molecule has 130 valence electrons. The summed E-state index contributed by atoms with van der Waals surface area (Å²) in [7, 11) is 0. The summed E-state index contributed by atoms with van der Waals surface area (Å²) in [5.41, 5.74) is 0.755. The molecule has 1 heterocycles. The Labute approximate surface area is 144 Å². The molecule has 2 aromatic carbocycles. The number of allylic oxidation sites excluding steroid dienone is 1. The van der Waals surface area contributed by atoms with E-state index in [1.54, 1.807) is 44.2 Å². The molecule has 1 N–H and O–H groups in total. The predicted molar refractivity (Wildman–Crippen MR) is 89.7 cm³/mol. The van der Waals surface area contributed by atoms with Crippen molar-refractivity contribution in [3.05, 3.63) is 65.7 Å². The third-order valence-corrected chi connectivity index (χ3v) is 3.60. The lowest BCUT2D eigenvalue weighted by Crippen LogP contribution is -2.46. The van der Waals surface area contributed by atoms with Crippen molar-refractivity contribution in [2.24, 2.45) is 0 Å². The standard InChI is InChI=1S/C19H17F2NO3/c1-19(2)22-15(11-16(23)12-6-4-3-5-7-12)14-10-13(24-18(20)21)8-9-17(14)25-19/h3-11,18,22H,1-2H3/b15-11-. The van der Waals surface area contributed by atoms with E-state index in [1.807, 2.05) is 6.07 Å². The molecule has 0 unspecified atom stereocenters. The van der Waals surface area contributed by atoms with Crippen LogP contribution in [0.4, 0.5) is 8.78 Å². The Morgan fingerprint density at radius 2 is 1.92 bits per heavy atom. The van der Waals surface area contributed by atoms with Crippen LogP contribution >= 0.6 is 0 Å². The first-order valence-electron chi connectivity index (χ1n) is 7.71. The predicted octanol–water partition coefficient (Wildman–Crippen LogP) is 4.23. The van der Waals surface area contributed by atoms with Crippen LogP contribution in [-0.4, -0.2) is 18.1 Å². The van der Waals surface area contributed by atoms with Gasteiger partial charge in [-0.2, -0.15) is 8.78 Å². The first-order valence-corrected chi connectivity index (χ1v) is 7.71. The number of nitrogens with one attached hydrogen (secondary N) is 1. The van der Waals surface area contributed by atoms with Crippen molar-refractivity contribution in [3.8, 4) is 11.5 Å². The van der Waals surface area contributed by atoms with Gasteiger partial charge in [-0.1, -0.05) is 30.3 Å². The van der Waals surface area contributed by atoms with Crippen LogP contribution < -0.4 is 14.8 Å². The van der Waals surface area contributed by atoms with Crippen molar-refractivity contribution in [3.63, 3.8) is 0 Å². The highest BCUT2D eigenvalue weighted by molar-refractivity contribution is 6.08. The molecular weight excluding hydrogens is 328 g/mol. The lowest BCUT2D eigenvalue weighted by atomic mass is 10.0. The number of hydrogen-bond donors (Lipinski definition) is 1. The van der Waals surface area contributed by atoms with E-state index in [0.29, 0.717) is 22.6 Å². The maximum Gasteiger partial charge on any atom is 0.387 e. The Hall–Kier alpha value is -2.89. The van der Waals surface area contributed by atoms with Crippen LogP contribution in [0.15, 0.2) is 54.6 Å². The van der Waals surface area contributed by atoms with E-state index >= 15 is 0 Å². The normalized spacial score (nSPS) is 16.8. The SMILES string of the molecule is CC1(C)N/C(=C\C(=O)c2ccccc2)c2cc(OC(F)F)ccc2O1. The monoisotopic (exact) mass is 345 g/mol. The van der Waals surface area contributed by atoms with Gasteiger partial charge >= 0.3 is 6.61 Å². The molecule has 0 radical (unpaired) electrons. The van der Waals surface area contributed by atoms with Gasteiger partial charge in [0.25, 0.3) is 0 Å². The second-order valence-corrected chi connectivity index (χ2v) is 6.06. The van der Waals surface area contributed by atoms with Gasteiger partial charge in [0, 0.05) is 17.2 Å². The molecule has 0 spiro atoms. The third-order valence-electron chi connectivity index (χ3n) is 3.60. The minimum absolute atomic E-state index is 0.00286. The lowest BCUT2D eigenvalue weighted by Gasteiger charge is -2.36. The molecule has 2 aromatic rings. The molecular formula is C19H17F2NO3. The maximum atomic E-state index is 12.5. The quantitative estimate of drug-likeness (QED) is 0.665. The molecule has 4 nitrogen and oxygen atoms in total. The number of halogens is 2. The summed E-state index contributed by atoms with van der Waals surface area (Å²) in [6.45, 7) is 0.686. The summed E-state index contributed by atoms with van der Waals surface area (Å²) in [4.78, 5) is 12.5. The largest absolute Gasteiger partial charge is 0.468 e. The molecule has 0 saturated carbocycles. The molecule has 0 aromatic heterocycles. The van der Waals surface area contributed by atoms with E-state index in [-0.39, 0.29) is 11.5 Å². The van der Waals surface area contributed by atoms with Crippen LogP contribution in [0.1, 0.15) is 29.8 Å². The van der Waals surface area contributed by atoms with E-state index in [0.717, 1.165) is 0 Å². The molecule has 25 heavy (non-hydrogen) atoms. The second-order valence-electron chi connectivity index (χ2n) is 6.06. The summed E-state index contributed by atoms with van der Waals surface area (Å²) in [6.07, 6.45) is 1.44. The zero-order valence-corrected chi connectivity index (χ0v) is 13.8. The van der Waals surface area contributed by atoms with Gasteiger partial charge in [0.2, 0.25) is 0 Å². The fraction of sp³-hybridized carbons (Fsp3) is 0.211. The number of alkyl halides is 2. The highest BCUT2D eigenvalue weighted by atomic mass is 19.3. The Bertz CT molecular complexity index is 817. The van der Waals surface area contributed by atoms with Crippen molar-refractivity contribution in [1.29, 1.82) is 0 Å². The smallest absolute Gasteiger partial charge is 0.387 e. The maximum absolute atomic E-state index is 12.5. The molecule has 0 saturated heterocycles. The number of hydrogen-bond acceptors (Lipinski definition) is 4. The Morgan fingerprint density at radius 3 is 2.60 bits per heavy atom. The van der Waals surface area contributed by atoms with Gasteiger partial charge in [-0.15, -0.1) is 0 Å². The Morgan fingerprint density at radius 1 is 1.20 bits per heavy atom. The number of ether oxygens (including phenoxy) is 2. The zero-order valence-electron chi connectivity index (χ0n) is 13.8. The van der Waals surface area contributed by atoms with Crippen molar-refractivity contribution in [2.45, 2.75) is 26.2 Å². The molecule has 0 fully saturated rings. The second kappa shape index (κ2) is 6.55. The van der Waals surface area contributed by atoms with Crippen LogP contribution in [0.25, 0.3) is 5.70 Å². The topological polar surface area (TPSA) is 47.6 Å². The molecule has 0 aliphatic carbocycles. The van der Waals surface area contributed by atoms with Crippen molar-refractivity contribution >= 4 is 11.5 Å². The summed E-state index contributed by atoms with van der Waals surface area (Å²) >= 11 is 0. The number of rotatable bonds is 4. The number of benzene rings is 2. The van der Waals surface area contributed by atoms with Gasteiger partial charge < -0.3 is 14.8 Å². The van der Waals surface area contributed by atoms with Crippen LogP contribution in [0.3, 0.4) is 0 Å². The minimum atomic E-state index is -2.93. The third kappa shape index (κ3) is 3.96. The minimum Gasteiger partial charge on any atom is -0.468 e.